The molecular formula is C16H17N3O3. The van der Waals surface area contributed by atoms with E-state index in [1.165, 1.54) is 10.6 Å². The molecule has 0 spiro atoms. The molecule has 3 atom stereocenters. The first-order valence-electron chi connectivity index (χ1n) is 7.62. The van der Waals surface area contributed by atoms with Crippen molar-refractivity contribution in [3.63, 3.8) is 0 Å². The van der Waals surface area contributed by atoms with Crippen molar-refractivity contribution in [2.24, 2.45) is 0 Å². The van der Waals surface area contributed by atoms with E-state index >= 15 is 0 Å². The van der Waals surface area contributed by atoms with Crippen molar-refractivity contribution in [1.82, 2.24) is 14.3 Å². The molecule has 114 valence electrons. The largest absolute Gasteiger partial charge is 0.393 e. The maximum atomic E-state index is 12.8. The topological polar surface area (TPSA) is 74.9 Å². The van der Waals surface area contributed by atoms with Gasteiger partial charge < -0.3 is 10.0 Å². The number of pyridine rings is 1. The lowest BCUT2D eigenvalue weighted by atomic mass is 9.99. The second-order valence-corrected chi connectivity index (χ2v) is 6.13. The van der Waals surface area contributed by atoms with Gasteiger partial charge >= 0.3 is 0 Å². The van der Waals surface area contributed by atoms with Crippen molar-refractivity contribution in [3.8, 4) is 0 Å². The molecule has 0 saturated carbocycles. The van der Waals surface area contributed by atoms with Crippen LogP contribution in [0.2, 0.25) is 0 Å². The first kappa shape index (κ1) is 13.5. The van der Waals surface area contributed by atoms with E-state index in [4.69, 9.17) is 0 Å². The fourth-order valence-corrected chi connectivity index (χ4v) is 3.79. The van der Waals surface area contributed by atoms with Crippen molar-refractivity contribution >= 4 is 11.6 Å². The number of hydrogen-bond donors (Lipinski definition) is 1. The zero-order chi connectivity index (χ0) is 15.3. The summed E-state index contributed by atoms with van der Waals surface area (Å²) in [5, 5.41) is 9.84. The average Bonchev–Trinajstić information content (AvgIpc) is 2.79. The van der Waals surface area contributed by atoms with Crippen LogP contribution in [0.15, 0.2) is 35.4 Å². The molecule has 22 heavy (non-hydrogen) atoms. The standard InChI is InChI=1S/C16H17N3O3/c20-12-7-10-4-5-11(8-12)19(10)16(22)13-9-17-14-3-1-2-6-18(14)15(13)21/h1-3,6,9-12,20H,4-5,7-8H2/t10-,11+,12?. The minimum Gasteiger partial charge on any atom is -0.393 e. The van der Waals surface area contributed by atoms with Crippen molar-refractivity contribution in [2.75, 3.05) is 0 Å². The van der Waals surface area contributed by atoms with Gasteiger partial charge in [-0.05, 0) is 37.8 Å². The Hall–Kier alpha value is -2.21. The number of carbonyl (C=O) groups is 1. The third-order valence-electron chi connectivity index (χ3n) is 4.79. The molecule has 4 rings (SSSR count). The average molecular weight is 299 g/mol. The highest BCUT2D eigenvalue weighted by Crippen LogP contribution is 2.36. The van der Waals surface area contributed by atoms with Crippen LogP contribution in [0.4, 0.5) is 0 Å². The third-order valence-corrected chi connectivity index (χ3v) is 4.79. The number of amides is 1. The number of rotatable bonds is 1. The number of carbonyl (C=O) groups excluding carboxylic acids is 1. The van der Waals surface area contributed by atoms with E-state index in [1.807, 2.05) is 0 Å². The maximum Gasteiger partial charge on any atom is 0.270 e. The predicted molar refractivity (Wildman–Crippen MR) is 79.7 cm³/mol. The molecule has 2 aromatic rings. The van der Waals surface area contributed by atoms with Gasteiger partial charge in [-0.3, -0.25) is 14.0 Å². The number of aliphatic hydroxyl groups is 1. The van der Waals surface area contributed by atoms with Gasteiger partial charge in [0.15, 0.2) is 0 Å². The van der Waals surface area contributed by atoms with Crippen LogP contribution in [-0.4, -0.2) is 43.5 Å². The Labute approximate surface area is 127 Å². The summed E-state index contributed by atoms with van der Waals surface area (Å²) in [6.45, 7) is 0. The normalized spacial score (nSPS) is 27.3. The lowest BCUT2D eigenvalue weighted by Gasteiger charge is -2.37. The van der Waals surface area contributed by atoms with Crippen LogP contribution in [0.5, 0.6) is 0 Å². The lowest BCUT2D eigenvalue weighted by Crippen LogP contribution is -2.49. The molecule has 2 aliphatic heterocycles. The van der Waals surface area contributed by atoms with Gasteiger partial charge in [-0.15, -0.1) is 0 Å². The highest BCUT2D eigenvalue weighted by Gasteiger charge is 2.43. The number of nitrogens with zero attached hydrogens (tertiary/aromatic N) is 3. The Kier molecular flexibility index (Phi) is 3.00. The zero-order valence-electron chi connectivity index (χ0n) is 12.1. The number of piperidine rings is 1. The second-order valence-electron chi connectivity index (χ2n) is 6.13. The van der Waals surface area contributed by atoms with Crippen LogP contribution in [0.3, 0.4) is 0 Å². The molecule has 0 radical (unpaired) electrons. The summed E-state index contributed by atoms with van der Waals surface area (Å²) < 4.78 is 1.40. The van der Waals surface area contributed by atoms with E-state index in [2.05, 4.69) is 4.98 Å². The molecular weight excluding hydrogens is 282 g/mol. The van der Waals surface area contributed by atoms with Crippen LogP contribution >= 0.6 is 0 Å². The Morgan fingerprint density at radius 2 is 1.95 bits per heavy atom. The molecule has 0 aliphatic carbocycles. The summed E-state index contributed by atoms with van der Waals surface area (Å²) >= 11 is 0. The van der Waals surface area contributed by atoms with Crippen LogP contribution in [0.1, 0.15) is 36.0 Å². The first-order valence-corrected chi connectivity index (χ1v) is 7.62. The summed E-state index contributed by atoms with van der Waals surface area (Å²) in [7, 11) is 0. The van der Waals surface area contributed by atoms with Crippen molar-refractivity contribution in [1.29, 1.82) is 0 Å². The Morgan fingerprint density at radius 1 is 1.23 bits per heavy atom. The lowest BCUT2D eigenvalue weighted by molar-refractivity contribution is 0.0285. The molecule has 2 fully saturated rings. The van der Waals surface area contributed by atoms with Crippen molar-refractivity contribution in [2.45, 2.75) is 43.9 Å². The first-order chi connectivity index (χ1) is 10.6. The molecule has 2 aromatic heterocycles. The van der Waals surface area contributed by atoms with Gasteiger partial charge in [0.05, 0.1) is 6.10 Å². The Morgan fingerprint density at radius 3 is 2.68 bits per heavy atom. The molecule has 1 unspecified atom stereocenters. The number of fused-ring (bicyclic) bond motifs is 3. The van der Waals surface area contributed by atoms with Gasteiger partial charge in [-0.2, -0.15) is 0 Å². The Bertz CT molecular complexity index is 787. The summed E-state index contributed by atoms with van der Waals surface area (Å²) in [4.78, 5) is 31.4. The van der Waals surface area contributed by atoms with E-state index in [0.717, 1.165) is 12.8 Å². The zero-order valence-corrected chi connectivity index (χ0v) is 12.1. The predicted octanol–water partition coefficient (Wildman–Crippen LogP) is 0.822. The monoisotopic (exact) mass is 299 g/mol. The molecule has 2 saturated heterocycles. The smallest absolute Gasteiger partial charge is 0.270 e. The number of hydrogen-bond acceptors (Lipinski definition) is 4. The molecule has 6 heteroatoms. The van der Waals surface area contributed by atoms with Crippen LogP contribution in [-0.2, 0) is 0 Å². The highest BCUT2D eigenvalue weighted by atomic mass is 16.3. The van der Waals surface area contributed by atoms with Crippen LogP contribution in [0.25, 0.3) is 5.65 Å². The highest BCUT2D eigenvalue weighted by molar-refractivity contribution is 5.94. The van der Waals surface area contributed by atoms with E-state index in [-0.39, 0.29) is 35.2 Å². The van der Waals surface area contributed by atoms with Crippen LogP contribution < -0.4 is 5.56 Å². The SMILES string of the molecule is O=C(c1cnc2ccccn2c1=O)N1[C@@H]2CC[C@H]1CC(O)C2. The van der Waals surface area contributed by atoms with E-state index in [1.54, 1.807) is 29.3 Å². The third kappa shape index (κ3) is 1.94. The fraction of sp³-hybridized carbons (Fsp3) is 0.438. The van der Waals surface area contributed by atoms with Gasteiger partial charge in [0, 0.05) is 24.5 Å². The number of aromatic nitrogens is 2. The molecule has 1 amide bonds. The quantitative estimate of drug-likeness (QED) is 0.846. The molecule has 4 heterocycles. The number of aliphatic hydroxyl groups excluding tert-OH is 1. The van der Waals surface area contributed by atoms with E-state index in [9.17, 15) is 14.7 Å². The van der Waals surface area contributed by atoms with Gasteiger partial charge in [-0.25, -0.2) is 4.98 Å². The summed E-state index contributed by atoms with van der Waals surface area (Å²) in [5.74, 6) is -0.254. The molecule has 6 nitrogen and oxygen atoms in total. The molecule has 0 aromatic carbocycles. The molecule has 2 bridgehead atoms. The fourth-order valence-electron chi connectivity index (χ4n) is 3.79. The van der Waals surface area contributed by atoms with Gasteiger partial charge in [-0.1, -0.05) is 6.07 Å². The molecule has 2 aliphatic rings. The minimum absolute atomic E-state index is 0.0390. The molecule has 1 N–H and O–H groups in total. The van der Waals surface area contributed by atoms with E-state index < -0.39 is 0 Å². The van der Waals surface area contributed by atoms with Crippen molar-refractivity contribution < 1.29 is 9.90 Å². The summed E-state index contributed by atoms with van der Waals surface area (Å²) in [5.41, 5.74) is 0.305. The van der Waals surface area contributed by atoms with Crippen LogP contribution in [0, 0.1) is 0 Å². The van der Waals surface area contributed by atoms with Gasteiger partial charge in [0.2, 0.25) is 0 Å². The van der Waals surface area contributed by atoms with Gasteiger partial charge in [0.25, 0.3) is 11.5 Å². The second kappa shape index (κ2) is 4.91. The minimum atomic E-state index is -0.336. The summed E-state index contributed by atoms with van der Waals surface area (Å²) in [6, 6.07) is 5.35. The Balaban J connectivity index is 1.75. The summed E-state index contributed by atoms with van der Waals surface area (Å²) in [6.07, 6.45) is 5.67. The maximum absolute atomic E-state index is 12.8. The van der Waals surface area contributed by atoms with Gasteiger partial charge in [0.1, 0.15) is 11.2 Å². The van der Waals surface area contributed by atoms with E-state index in [0.29, 0.717) is 18.5 Å². The van der Waals surface area contributed by atoms with Crippen molar-refractivity contribution in [3.05, 3.63) is 46.5 Å².